The average Bonchev–Trinajstić information content (AvgIpc) is 3.35. The van der Waals surface area contributed by atoms with Gasteiger partial charge in [-0.1, -0.05) is 23.2 Å². The number of furan rings is 1. The molecule has 2 aliphatic rings. The number of hydrogen-bond donors (Lipinski definition) is 1. The van der Waals surface area contributed by atoms with Crippen LogP contribution in [0.1, 0.15) is 33.0 Å². The molecule has 2 aliphatic heterocycles. The Morgan fingerprint density at radius 3 is 2.70 bits per heavy atom. The largest absolute Gasteiger partial charge is 0.460 e. The van der Waals surface area contributed by atoms with Crippen molar-refractivity contribution in [2.45, 2.75) is 13.5 Å². The minimum atomic E-state index is -0.578. The fraction of sp³-hybridized carbons (Fsp3) is 0.0870. The molecule has 7 heteroatoms. The first kappa shape index (κ1) is 18.4. The van der Waals surface area contributed by atoms with Crippen LogP contribution in [0.4, 0.5) is 11.4 Å². The third-order valence-electron chi connectivity index (χ3n) is 5.17. The number of carbonyl (C=O) groups excluding carboxylic acids is 3. The van der Waals surface area contributed by atoms with Crippen LogP contribution in [-0.2, 0) is 16.1 Å². The molecule has 3 aromatic rings. The van der Waals surface area contributed by atoms with Gasteiger partial charge in [-0.3, -0.25) is 19.3 Å². The molecule has 2 aromatic carbocycles. The molecule has 0 radical (unpaired) electrons. The Hall–Kier alpha value is -3.64. The van der Waals surface area contributed by atoms with Gasteiger partial charge in [-0.05, 0) is 55.5 Å². The second kappa shape index (κ2) is 6.71. The lowest BCUT2D eigenvalue weighted by atomic mass is 10.1. The highest BCUT2D eigenvalue weighted by molar-refractivity contribution is 6.52. The number of hydrogen-bond acceptors (Lipinski definition) is 4. The molecule has 0 spiro atoms. The van der Waals surface area contributed by atoms with Gasteiger partial charge in [0.25, 0.3) is 17.6 Å². The molecule has 0 aliphatic carbocycles. The van der Waals surface area contributed by atoms with Crippen molar-refractivity contribution in [2.24, 2.45) is 0 Å². The van der Waals surface area contributed by atoms with Gasteiger partial charge in [0.1, 0.15) is 11.5 Å². The van der Waals surface area contributed by atoms with E-state index in [1.54, 1.807) is 48.5 Å². The molecule has 2 amide bonds. The Morgan fingerprint density at radius 1 is 1.03 bits per heavy atom. The number of ketones is 1. The Bertz CT molecular complexity index is 1290. The van der Waals surface area contributed by atoms with Crippen LogP contribution in [0.5, 0.6) is 0 Å². The molecule has 0 atom stereocenters. The molecule has 1 N–H and O–H groups in total. The van der Waals surface area contributed by atoms with E-state index in [1.165, 1.54) is 4.90 Å². The Balaban J connectivity index is 1.44. The first-order valence-electron chi connectivity index (χ1n) is 9.29. The number of Topliss-reactive ketones (excluding diaryl/α,β-unsaturated/α-hetero) is 1. The van der Waals surface area contributed by atoms with Crippen molar-refractivity contribution in [3.63, 3.8) is 0 Å². The summed E-state index contributed by atoms with van der Waals surface area (Å²) in [4.78, 5) is 38.4. The van der Waals surface area contributed by atoms with E-state index in [1.807, 2.05) is 13.0 Å². The lowest BCUT2D eigenvalue weighted by Crippen LogP contribution is -2.28. The number of anilines is 2. The Labute approximate surface area is 176 Å². The van der Waals surface area contributed by atoms with Crippen molar-refractivity contribution in [1.29, 1.82) is 0 Å². The van der Waals surface area contributed by atoms with Crippen LogP contribution < -0.4 is 10.2 Å². The number of carbonyl (C=O) groups is 3. The van der Waals surface area contributed by atoms with Crippen LogP contribution >= 0.6 is 11.6 Å². The number of halogens is 1. The lowest BCUT2D eigenvalue weighted by molar-refractivity contribution is -0.114. The molecule has 0 saturated heterocycles. The second-order valence-electron chi connectivity index (χ2n) is 7.25. The standard InChI is InChI=1S/C23H15ClN2O4/c1-12-2-7-20-18(8-12)21(27)23(29)26(20)11-15-5-4-14(30-15)10-17-16-9-13(24)3-6-19(16)25-22(17)28/h2-10H,11H2,1H3,(H,25,28)/b17-10+. The number of benzene rings is 2. The van der Waals surface area contributed by atoms with Crippen molar-refractivity contribution in [2.75, 3.05) is 10.2 Å². The molecule has 0 bridgehead atoms. The molecule has 148 valence electrons. The van der Waals surface area contributed by atoms with Crippen molar-refractivity contribution in [3.05, 3.63) is 81.8 Å². The summed E-state index contributed by atoms with van der Waals surface area (Å²) in [6, 6.07) is 14.0. The maximum absolute atomic E-state index is 12.4. The molecule has 0 saturated carbocycles. The van der Waals surface area contributed by atoms with Crippen LogP contribution in [0.25, 0.3) is 11.6 Å². The van der Waals surface area contributed by atoms with Crippen LogP contribution in [0.15, 0.2) is 52.9 Å². The van der Waals surface area contributed by atoms with E-state index >= 15 is 0 Å². The van der Waals surface area contributed by atoms with Gasteiger partial charge in [-0.25, -0.2) is 0 Å². The molecular formula is C23H15ClN2O4. The van der Waals surface area contributed by atoms with Gasteiger partial charge in [0.15, 0.2) is 0 Å². The summed E-state index contributed by atoms with van der Waals surface area (Å²) < 4.78 is 5.83. The van der Waals surface area contributed by atoms with E-state index in [0.717, 1.165) is 5.56 Å². The minimum absolute atomic E-state index is 0.123. The third kappa shape index (κ3) is 2.93. The monoisotopic (exact) mass is 418 g/mol. The molecule has 0 unspecified atom stereocenters. The highest BCUT2D eigenvalue weighted by atomic mass is 35.5. The summed E-state index contributed by atoms with van der Waals surface area (Å²) in [6.07, 6.45) is 1.63. The summed E-state index contributed by atoms with van der Waals surface area (Å²) in [7, 11) is 0. The zero-order chi connectivity index (χ0) is 21.0. The SMILES string of the molecule is Cc1ccc2c(c1)C(=O)C(=O)N2Cc1ccc(/C=C2/C(=O)Nc3ccc(Cl)cc32)o1. The van der Waals surface area contributed by atoms with Gasteiger partial charge in [-0.2, -0.15) is 0 Å². The highest BCUT2D eigenvalue weighted by Gasteiger charge is 2.36. The summed E-state index contributed by atoms with van der Waals surface area (Å²) in [5.41, 5.74) is 3.74. The quantitative estimate of drug-likeness (QED) is 0.503. The van der Waals surface area contributed by atoms with Crippen LogP contribution in [0.2, 0.25) is 5.02 Å². The zero-order valence-corrected chi connectivity index (χ0v) is 16.6. The number of nitrogens with one attached hydrogen (secondary N) is 1. The van der Waals surface area contributed by atoms with Crippen molar-refractivity contribution >= 4 is 52.2 Å². The van der Waals surface area contributed by atoms with Gasteiger partial charge >= 0.3 is 0 Å². The van der Waals surface area contributed by atoms with Gasteiger partial charge in [0, 0.05) is 16.3 Å². The predicted molar refractivity (Wildman–Crippen MR) is 113 cm³/mol. The van der Waals surface area contributed by atoms with E-state index in [4.69, 9.17) is 16.0 Å². The highest BCUT2D eigenvalue weighted by Crippen LogP contribution is 2.35. The summed E-state index contributed by atoms with van der Waals surface area (Å²) in [5, 5.41) is 3.32. The lowest BCUT2D eigenvalue weighted by Gasteiger charge is -2.14. The molecule has 1 aromatic heterocycles. The predicted octanol–water partition coefficient (Wildman–Crippen LogP) is 4.46. The minimum Gasteiger partial charge on any atom is -0.460 e. The fourth-order valence-electron chi connectivity index (χ4n) is 3.73. The zero-order valence-electron chi connectivity index (χ0n) is 15.9. The second-order valence-corrected chi connectivity index (χ2v) is 7.68. The van der Waals surface area contributed by atoms with Crippen LogP contribution in [-0.4, -0.2) is 17.6 Å². The maximum Gasteiger partial charge on any atom is 0.299 e. The van der Waals surface area contributed by atoms with Gasteiger partial charge in [0.05, 0.1) is 23.4 Å². The summed E-state index contributed by atoms with van der Waals surface area (Å²) in [5.74, 6) is -0.370. The third-order valence-corrected chi connectivity index (χ3v) is 5.41. The summed E-state index contributed by atoms with van der Waals surface area (Å²) >= 11 is 6.06. The average molecular weight is 419 g/mol. The van der Waals surface area contributed by atoms with Crippen molar-refractivity contribution < 1.29 is 18.8 Å². The number of amides is 2. The van der Waals surface area contributed by atoms with E-state index in [0.29, 0.717) is 44.6 Å². The molecule has 5 rings (SSSR count). The van der Waals surface area contributed by atoms with E-state index < -0.39 is 11.7 Å². The molecular weight excluding hydrogens is 404 g/mol. The molecule has 0 fully saturated rings. The number of nitrogens with zero attached hydrogens (tertiary/aromatic N) is 1. The normalized spacial score (nSPS) is 16.3. The Morgan fingerprint density at radius 2 is 1.87 bits per heavy atom. The number of rotatable bonds is 3. The van der Waals surface area contributed by atoms with Gasteiger partial charge in [0.2, 0.25) is 0 Å². The smallest absolute Gasteiger partial charge is 0.299 e. The molecule has 6 nitrogen and oxygen atoms in total. The van der Waals surface area contributed by atoms with Crippen molar-refractivity contribution in [3.8, 4) is 0 Å². The molecule has 30 heavy (non-hydrogen) atoms. The first-order valence-corrected chi connectivity index (χ1v) is 9.67. The number of aryl methyl sites for hydroxylation is 1. The van der Waals surface area contributed by atoms with Gasteiger partial charge in [-0.15, -0.1) is 0 Å². The Kier molecular flexibility index (Phi) is 4.11. The van der Waals surface area contributed by atoms with Crippen LogP contribution in [0.3, 0.4) is 0 Å². The van der Waals surface area contributed by atoms with Crippen molar-refractivity contribution in [1.82, 2.24) is 0 Å². The first-order chi connectivity index (χ1) is 14.4. The van der Waals surface area contributed by atoms with Crippen LogP contribution in [0, 0.1) is 6.92 Å². The van der Waals surface area contributed by atoms with E-state index in [9.17, 15) is 14.4 Å². The maximum atomic E-state index is 12.4. The number of fused-ring (bicyclic) bond motifs is 2. The topological polar surface area (TPSA) is 79.6 Å². The fourth-order valence-corrected chi connectivity index (χ4v) is 3.90. The van der Waals surface area contributed by atoms with E-state index in [2.05, 4.69) is 5.32 Å². The molecule has 3 heterocycles. The summed E-state index contributed by atoms with van der Waals surface area (Å²) in [6.45, 7) is 2.00. The van der Waals surface area contributed by atoms with E-state index in [-0.39, 0.29) is 12.5 Å². The van der Waals surface area contributed by atoms with Gasteiger partial charge < -0.3 is 9.73 Å².